The number of amides is 1. The highest BCUT2D eigenvalue weighted by atomic mass is 32.1. The van der Waals surface area contributed by atoms with Crippen molar-refractivity contribution in [3.8, 4) is 10.6 Å². The quantitative estimate of drug-likeness (QED) is 0.450. The molecule has 30 heavy (non-hydrogen) atoms. The Kier molecular flexibility index (Phi) is 5.54. The van der Waals surface area contributed by atoms with E-state index in [9.17, 15) is 19.3 Å². The number of carbonyl (C=O) groups excluding carboxylic acids is 1. The number of hydrogen-bond acceptors (Lipinski definition) is 6. The molecule has 3 aromatic rings. The van der Waals surface area contributed by atoms with Crippen molar-refractivity contribution in [2.45, 2.75) is 25.7 Å². The maximum atomic E-state index is 14.0. The van der Waals surface area contributed by atoms with Crippen LogP contribution in [0.4, 0.5) is 10.1 Å². The molecule has 1 aliphatic heterocycles. The van der Waals surface area contributed by atoms with E-state index in [2.05, 4.69) is 10.2 Å². The first kappa shape index (κ1) is 20.1. The fourth-order valence-electron chi connectivity index (χ4n) is 3.63. The van der Waals surface area contributed by atoms with Gasteiger partial charge in [0, 0.05) is 41.8 Å². The van der Waals surface area contributed by atoms with Crippen molar-refractivity contribution >= 4 is 22.9 Å². The number of benzene rings is 2. The Balaban J connectivity index is 1.53. The summed E-state index contributed by atoms with van der Waals surface area (Å²) in [6, 6.07) is 11.0. The lowest BCUT2D eigenvalue weighted by atomic mass is 9.98. The smallest absolute Gasteiger partial charge is 0.273 e. The topological polar surface area (TPSA) is 89.2 Å². The van der Waals surface area contributed by atoms with Gasteiger partial charge in [0.1, 0.15) is 10.8 Å². The van der Waals surface area contributed by atoms with Gasteiger partial charge in [-0.1, -0.05) is 29.5 Å². The molecule has 2 heterocycles. The van der Waals surface area contributed by atoms with E-state index < -0.39 is 4.92 Å². The largest absolute Gasteiger partial charge is 0.338 e. The van der Waals surface area contributed by atoms with Crippen LogP contribution in [0.25, 0.3) is 10.6 Å². The number of aryl methyl sites for hydroxylation is 1. The molecule has 0 radical (unpaired) electrons. The second-order valence-corrected chi connectivity index (χ2v) is 8.28. The molecule has 1 aromatic heterocycles. The zero-order chi connectivity index (χ0) is 21.3. The van der Waals surface area contributed by atoms with Crippen LogP contribution in [0.1, 0.15) is 39.7 Å². The number of piperidine rings is 1. The summed E-state index contributed by atoms with van der Waals surface area (Å²) in [7, 11) is 0. The summed E-state index contributed by atoms with van der Waals surface area (Å²) in [6.45, 7) is 2.67. The third kappa shape index (κ3) is 3.93. The van der Waals surface area contributed by atoms with Gasteiger partial charge in [-0.15, -0.1) is 10.2 Å². The minimum absolute atomic E-state index is 0.00107. The Morgan fingerprint density at radius 1 is 1.27 bits per heavy atom. The van der Waals surface area contributed by atoms with Gasteiger partial charge in [-0.3, -0.25) is 14.9 Å². The molecular weight excluding hydrogens is 407 g/mol. The molecule has 154 valence electrons. The van der Waals surface area contributed by atoms with E-state index in [1.165, 1.54) is 23.5 Å². The number of nitro groups is 1. The SMILES string of the molecule is Cc1ccc(C(=O)N2CCCC(c3nnc(-c4ccccc4F)s3)C2)cc1[N+](=O)[O-]. The van der Waals surface area contributed by atoms with Crippen LogP contribution in [0.5, 0.6) is 0 Å². The molecular formula is C21H19FN4O3S. The van der Waals surface area contributed by atoms with Crippen LogP contribution in [0.15, 0.2) is 42.5 Å². The number of nitrogens with zero attached hydrogens (tertiary/aromatic N) is 4. The number of aromatic nitrogens is 2. The summed E-state index contributed by atoms with van der Waals surface area (Å²) in [5, 5.41) is 20.9. The zero-order valence-corrected chi connectivity index (χ0v) is 17.1. The lowest BCUT2D eigenvalue weighted by molar-refractivity contribution is -0.385. The molecule has 1 aliphatic rings. The zero-order valence-electron chi connectivity index (χ0n) is 16.2. The van der Waals surface area contributed by atoms with Gasteiger partial charge < -0.3 is 4.90 Å². The molecule has 1 unspecified atom stereocenters. The van der Waals surface area contributed by atoms with E-state index in [0.29, 0.717) is 34.8 Å². The lowest BCUT2D eigenvalue weighted by Crippen LogP contribution is -2.39. The van der Waals surface area contributed by atoms with Crippen molar-refractivity contribution in [2.75, 3.05) is 13.1 Å². The summed E-state index contributed by atoms with van der Waals surface area (Å²) < 4.78 is 14.0. The summed E-state index contributed by atoms with van der Waals surface area (Å²) in [5.74, 6) is -0.579. The van der Waals surface area contributed by atoms with Gasteiger partial charge in [-0.05, 0) is 38.0 Å². The minimum atomic E-state index is -0.476. The first-order valence-electron chi connectivity index (χ1n) is 9.56. The Labute approximate surface area is 176 Å². The van der Waals surface area contributed by atoms with Crippen LogP contribution >= 0.6 is 11.3 Å². The molecule has 1 amide bonds. The van der Waals surface area contributed by atoms with Gasteiger partial charge in [0.15, 0.2) is 5.01 Å². The molecule has 0 aliphatic carbocycles. The van der Waals surface area contributed by atoms with Gasteiger partial charge in [0.2, 0.25) is 0 Å². The van der Waals surface area contributed by atoms with Crippen molar-refractivity contribution in [3.63, 3.8) is 0 Å². The predicted octanol–water partition coefficient (Wildman–Crippen LogP) is 4.58. The molecule has 0 spiro atoms. The summed E-state index contributed by atoms with van der Waals surface area (Å²) in [4.78, 5) is 25.4. The maximum Gasteiger partial charge on any atom is 0.273 e. The average Bonchev–Trinajstić information content (AvgIpc) is 3.24. The van der Waals surface area contributed by atoms with E-state index in [1.54, 1.807) is 42.2 Å². The predicted molar refractivity (Wildman–Crippen MR) is 111 cm³/mol. The van der Waals surface area contributed by atoms with Crippen LogP contribution in [0, 0.1) is 22.9 Å². The molecule has 9 heteroatoms. The average molecular weight is 426 g/mol. The maximum absolute atomic E-state index is 14.0. The van der Waals surface area contributed by atoms with Crippen molar-refractivity contribution in [1.82, 2.24) is 15.1 Å². The van der Waals surface area contributed by atoms with Gasteiger partial charge in [0.05, 0.1) is 4.92 Å². The van der Waals surface area contributed by atoms with Gasteiger partial charge in [0.25, 0.3) is 11.6 Å². The third-order valence-corrected chi connectivity index (χ3v) is 6.37. The fourth-order valence-corrected chi connectivity index (χ4v) is 4.62. The van der Waals surface area contributed by atoms with Gasteiger partial charge >= 0.3 is 0 Å². The van der Waals surface area contributed by atoms with E-state index in [-0.39, 0.29) is 23.3 Å². The van der Waals surface area contributed by atoms with Crippen LogP contribution < -0.4 is 0 Å². The Hall–Kier alpha value is -3.20. The highest BCUT2D eigenvalue weighted by Gasteiger charge is 2.29. The van der Waals surface area contributed by atoms with Crippen LogP contribution in [-0.4, -0.2) is 39.0 Å². The molecule has 1 atom stereocenters. The molecule has 7 nitrogen and oxygen atoms in total. The highest BCUT2D eigenvalue weighted by Crippen LogP contribution is 2.34. The number of halogens is 1. The van der Waals surface area contributed by atoms with Gasteiger partial charge in [-0.2, -0.15) is 0 Å². The Bertz CT molecular complexity index is 1120. The molecule has 0 saturated carbocycles. The van der Waals surface area contributed by atoms with Crippen LogP contribution in [0.2, 0.25) is 0 Å². The van der Waals surface area contributed by atoms with E-state index in [4.69, 9.17) is 0 Å². The molecule has 0 N–H and O–H groups in total. The van der Waals surface area contributed by atoms with Crippen molar-refractivity contribution in [3.05, 3.63) is 74.5 Å². The molecule has 1 saturated heterocycles. The fraction of sp³-hybridized carbons (Fsp3) is 0.286. The van der Waals surface area contributed by atoms with Crippen molar-refractivity contribution in [1.29, 1.82) is 0 Å². The first-order chi connectivity index (χ1) is 14.4. The molecule has 4 rings (SSSR count). The lowest BCUT2D eigenvalue weighted by Gasteiger charge is -2.31. The summed E-state index contributed by atoms with van der Waals surface area (Å²) in [5.41, 5.74) is 1.17. The number of nitro benzene ring substituents is 1. The number of likely N-dealkylation sites (tertiary alicyclic amines) is 1. The molecule has 0 bridgehead atoms. The number of rotatable bonds is 4. The second-order valence-electron chi connectivity index (χ2n) is 7.27. The van der Waals surface area contributed by atoms with Crippen molar-refractivity contribution in [2.24, 2.45) is 0 Å². The normalized spacial score (nSPS) is 16.5. The summed E-state index contributed by atoms with van der Waals surface area (Å²) >= 11 is 1.34. The minimum Gasteiger partial charge on any atom is -0.338 e. The number of hydrogen-bond donors (Lipinski definition) is 0. The second kappa shape index (κ2) is 8.27. The Morgan fingerprint density at radius 3 is 2.83 bits per heavy atom. The monoisotopic (exact) mass is 426 g/mol. The van der Waals surface area contributed by atoms with Crippen LogP contribution in [0.3, 0.4) is 0 Å². The van der Waals surface area contributed by atoms with E-state index in [0.717, 1.165) is 17.8 Å². The number of carbonyl (C=O) groups is 1. The van der Waals surface area contributed by atoms with Crippen molar-refractivity contribution < 1.29 is 14.1 Å². The van der Waals surface area contributed by atoms with E-state index in [1.807, 2.05) is 0 Å². The Morgan fingerprint density at radius 2 is 2.07 bits per heavy atom. The third-order valence-electron chi connectivity index (χ3n) is 5.26. The van der Waals surface area contributed by atoms with E-state index >= 15 is 0 Å². The summed E-state index contributed by atoms with van der Waals surface area (Å²) in [6.07, 6.45) is 1.64. The first-order valence-corrected chi connectivity index (χ1v) is 10.4. The highest BCUT2D eigenvalue weighted by molar-refractivity contribution is 7.14. The van der Waals surface area contributed by atoms with Crippen LogP contribution in [-0.2, 0) is 0 Å². The molecule has 1 fully saturated rings. The molecule has 2 aromatic carbocycles. The standard InChI is InChI=1S/C21H19FN4O3S/c1-13-8-9-14(11-18(13)26(28)29)21(27)25-10-4-5-15(12-25)19-23-24-20(30-19)16-6-2-3-7-17(16)22/h2-3,6-9,11,15H,4-5,10,12H2,1H3. The van der Waals surface area contributed by atoms with Gasteiger partial charge in [-0.25, -0.2) is 4.39 Å².